The maximum Gasteiger partial charge on any atom is 0.449 e. The van der Waals surface area contributed by atoms with E-state index in [1.54, 1.807) is 19.1 Å². The van der Waals surface area contributed by atoms with Crippen LogP contribution in [0.5, 0.6) is 0 Å². The lowest BCUT2D eigenvalue weighted by Gasteiger charge is -2.22. The van der Waals surface area contributed by atoms with E-state index in [0.29, 0.717) is 6.42 Å². The maximum atomic E-state index is 13.4. The zero-order valence-electron chi connectivity index (χ0n) is 16.1. The number of hydrogen-bond donors (Lipinski definition) is 1. The van der Waals surface area contributed by atoms with E-state index in [4.69, 9.17) is 0 Å². The monoisotopic (exact) mass is 446 g/mol. The highest BCUT2D eigenvalue weighted by Gasteiger charge is 2.38. The summed E-state index contributed by atoms with van der Waals surface area (Å²) in [4.78, 5) is 29.6. The van der Waals surface area contributed by atoms with E-state index in [0.717, 1.165) is 9.47 Å². The second kappa shape index (κ2) is 8.25. The lowest BCUT2D eigenvalue weighted by molar-refractivity contribution is -0.148. The van der Waals surface area contributed by atoms with Gasteiger partial charge in [0.15, 0.2) is 9.84 Å². The van der Waals surface area contributed by atoms with E-state index < -0.39 is 46.2 Å². The van der Waals surface area contributed by atoms with Gasteiger partial charge in [-0.2, -0.15) is 13.2 Å². The number of likely N-dealkylation sites (N-methyl/N-ethyl adjacent to an activating group) is 1. The quantitative estimate of drug-likeness (QED) is 0.719. The molecule has 1 fully saturated rings. The molecule has 0 radical (unpaired) electrons. The van der Waals surface area contributed by atoms with Gasteiger partial charge in [-0.3, -0.25) is 9.59 Å². The van der Waals surface area contributed by atoms with E-state index in [1.807, 2.05) is 0 Å². The first-order chi connectivity index (χ1) is 14.0. The molecule has 2 aromatic rings. The van der Waals surface area contributed by atoms with Gasteiger partial charge in [-0.15, -0.1) is 0 Å². The van der Waals surface area contributed by atoms with Crippen molar-refractivity contribution in [3.05, 3.63) is 30.1 Å². The highest BCUT2D eigenvalue weighted by Crippen LogP contribution is 2.31. The molecule has 1 saturated heterocycles. The molecular weight excluding hydrogens is 425 g/mol. The van der Waals surface area contributed by atoms with Crippen LogP contribution >= 0.6 is 0 Å². The van der Waals surface area contributed by atoms with Gasteiger partial charge in [0.05, 0.1) is 29.1 Å². The number of sulfone groups is 1. The number of hydrogen-bond acceptors (Lipinski definition) is 5. The van der Waals surface area contributed by atoms with Gasteiger partial charge < -0.3 is 14.8 Å². The number of halogens is 3. The third-order valence-electron chi connectivity index (χ3n) is 4.87. The Bertz CT molecular complexity index is 1070. The molecule has 0 aliphatic carbocycles. The number of carbonyl (C=O) groups is 2. The van der Waals surface area contributed by atoms with Crippen molar-refractivity contribution in [3.8, 4) is 0 Å². The van der Waals surface area contributed by atoms with Crippen LogP contribution in [0.1, 0.15) is 19.2 Å². The van der Waals surface area contributed by atoms with Crippen molar-refractivity contribution in [1.29, 1.82) is 0 Å². The first-order valence-electron chi connectivity index (χ1n) is 9.30. The normalized spacial score (nSPS) is 18.5. The second-order valence-corrected chi connectivity index (χ2v) is 9.31. The number of rotatable bonds is 6. The highest BCUT2D eigenvalue weighted by molar-refractivity contribution is 7.91. The van der Waals surface area contributed by atoms with Crippen molar-refractivity contribution in [2.45, 2.75) is 32.1 Å². The summed E-state index contributed by atoms with van der Waals surface area (Å²) in [6.45, 7) is 0.694. The molecule has 0 spiro atoms. The summed E-state index contributed by atoms with van der Waals surface area (Å²) < 4.78 is 64.0. The van der Waals surface area contributed by atoms with Gasteiger partial charge in [0, 0.05) is 12.6 Å². The lowest BCUT2D eigenvalue weighted by atomic mass is 10.2. The molecular formula is C18H21F3N4O4S. The van der Waals surface area contributed by atoms with Crippen LogP contribution in [-0.4, -0.2) is 65.3 Å². The Morgan fingerprint density at radius 3 is 2.60 bits per heavy atom. The molecule has 1 aromatic carbocycles. The molecule has 0 bridgehead atoms. The number of imidazole rings is 1. The average Bonchev–Trinajstić information content (AvgIpc) is 3.19. The standard InChI is InChI=1S/C18H21F3N4O4S/c1-2-24(9-15(26)22-12-7-8-30(28,29)11-12)16(27)10-25-14-6-4-3-5-13(14)23-17(25)18(19,20)21/h3-6,12H,2,7-11H2,1H3,(H,22,26). The van der Waals surface area contributed by atoms with Crippen molar-refractivity contribution in [3.63, 3.8) is 0 Å². The lowest BCUT2D eigenvalue weighted by Crippen LogP contribution is -2.45. The number of benzene rings is 1. The van der Waals surface area contributed by atoms with E-state index in [-0.39, 0.29) is 35.6 Å². The molecule has 1 aliphatic rings. The molecule has 1 unspecified atom stereocenters. The Morgan fingerprint density at radius 1 is 1.30 bits per heavy atom. The Morgan fingerprint density at radius 2 is 2.00 bits per heavy atom. The second-order valence-electron chi connectivity index (χ2n) is 7.08. The predicted molar refractivity (Wildman–Crippen MR) is 102 cm³/mol. The number of para-hydroxylation sites is 2. The van der Waals surface area contributed by atoms with Gasteiger partial charge >= 0.3 is 6.18 Å². The van der Waals surface area contributed by atoms with Gasteiger partial charge in [0.25, 0.3) is 0 Å². The number of aromatic nitrogens is 2. The summed E-state index contributed by atoms with van der Waals surface area (Å²) in [5.41, 5.74) is 0.274. The number of nitrogens with zero attached hydrogens (tertiary/aromatic N) is 3. The summed E-state index contributed by atoms with van der Waals surface area (Å²) >= 11 is 0. The van der Waals surface area contributed by atoms with Crippen LogP contribution in [0.3, 0.4) is 0 Å². The van der Waals surface area contributed by atoms with Gasteiger partial charge in [0.1, 0.15) is 6.54 Å². The molecule has 8 nitrogen and oxygen atoms in total. The molecule has 0 saturated carbocycles. The highest BCUT2D eigenvalue weighted by atomic mass is 32.2. The first-order valence-corrected chi connectivity index (χ1v) is 11.1. The van der Waals surface area contributed by atoms with Crippen LogP contribution in [0.2, 0.25) is 0 Å². The Kier molecular flexibility index (Phi) is 6.06. The number of nitrogens with one attached hydrogen (secondary N) is 1. The molecule has 1 N–H and O–H groups in total. The number of carbonyl (C=O) groups excluding carboxylic acids is 2. The molecule has 2 amide bonds. The fourth-order valence-corrected chi connectivity index (χ4v) is 5.09. The molecule has 1 aromatic heterocycles. The van der Waals surface area contributed by atoms with E-state index in [9.17, 15) is 31.2 Å². The topological polar surface area (TPSA) is 101 Å². The fourth-order valence-electron chi connectivity index (χ4n) is 3.42. The molecule has 1 aliphatic heterocycles. The van der Waals surface area contributed by atoms with E-state index in [1.165, 1.54) is 12.1 Å². The largest absolute Gasteiger partial charge is 0.449 e. The van der Waals surface area contributed by atoms with Gasteiger partial charge in [-0.05, 0) is 25.5 Å². The van der Waals surface area contributed by atoms with Crippen molar-refractivity contribution in [1.82, 2.24) is 19.8 Å². The molecule has 3 rings (SSSR count). The average molecular weight is 446 g/mol. The number of amides is 2. The summed E-state index contributed by atoms with van der Waals surface area (Å²) in [7, 11) is -3.18. The number of fused-ring (bicyclic) bond motifs is 1. The third-order valence-corrected chi connectivity index (χ3v) is 6.64. The Labute approximate surface area is 171 Å². The van der Waals surface area contributed by atoms with Crippen molar-refractivity contribution in [2.24, 2.45) is 0 Å². The minimum Gasteiger partial charge on any atom is -0.351 e. The molecule has 30 heavy (non-hydrogen) atoms. The number of alkyl halides is 3. The van der Waals surface area contributed by atoms with Crippen LogP contribution in [0.4, 0.5) is 13.2 Å². The van der Waals surface area contributed by atoms with Crippen LogP contribution in [0, 0.1) is 0 Å². The van der Waals surface area contributed by atoms with Crippen LogP contribution in [0.25, 0.3) is 11.0 Å². The zero-order chi connectivity index (χ0) is 22.1. The van der Waals surface area contributed by atoms with Crippen LogP contribution < -0.4 is 5.32 Å². The summed E-state index contributed by atoms with van der Waals surface area (Å²) in [5, 5.41) is 2.57. The first kappa shape index (κ1) is 22.1. The maximum absolute atomic E-state index is 13.4. The third kappa shape index (κ3) is 4.91. The van der Waals surface area contributed by atoms with Crippen LogP contribution in [0.15, 0.2) is 24.3 Å². The van der Waals surface area contributed by atoms with Crippen molar-refractivity contribution < 1.29 is 31.2 Å². The van der Waals surface area contributed by atoms with Crippen LogP contribution in [-0.2, 0) is 32.1 Å². The summed E-state index contributed by atoms with van der Waals surface area (Å²) in [6.07, 6.45) is -4.45. The Hall–Kier alpha value is -2.63. The van der Waals surface area contributed by atoms with Gasteiger partial charge in [-0.25, -0.2) is 13.4 Å². The summed E-state index contributed by atoms with van der Waals surface area (Å²) in [5.74, 6) is -2.59. The Balaban J connectivity index is 1.73. The van der Waals surface area contributed by atoms with Crippen molar-refractivity contribution in [2.75, 3.05) is 24.6 Å². The molecule has 1 atom stereocenters. The predicted octanol–water partition coefficient (Wildman–Crippen LogP) is 1.21. The SMILES string of the molecule is CCN(CC(=O)NC1CCS(=O)(=O)C1)C(=O)Cn1c(C(F)(F)F)nc2ccccc21. The minimum atomic E-state index is -4.75. The van der Waals surface area contributed by atoms with E-state index >= 15 is 0 Å². The molecule has 2 heterocycles. The minimum absolute atomic E-state index is 0.0116. The molecule has 12 heteroatoms. The smallest absolute Gasteiger partial charge is 0.351 e. The van der Waals surface area contributed by atoms with E-state index in [2.05, 4.69) is 10.3 Å². The van der Waals surface area contributed by atoms with Gasteiger partial charge in [0.2, 0.25) is 17.6 Å². The van der Waals surface area contributed by atoms with Crippen molar-refractivity contribution >= 4 is 32.7 Å². The summed E-state index contributed by atoms with van der Waals surface area (Å²) in [6, 6.07) is 5.44. The fraction of sp³-hybridized carbons (Fsp3) is 0.500. The van der Waals surface area contributed by atoms with Gasteiger partial charge in [-0.1, -0.05) is 12.1 Å². The zero-order valence-corrected chi connectivity index (χ0v) is 17.0. The molecule has 164 valence electrons.